The minimum Gasteiger partial charge on any atom is -0.481 e. The third kappa shape index (κ3) is 7.64. The Hall–Kier alpha value is -5.24. The second kappa shape index (κ2) is 15.4. The van der Waals surface area contributed by atoms with Crippen molar-refractivity contribution in [3.8, 4) is 39.7 Å². The maximum absolute atomic E-state index is 12.1. The minimum atomic E-state index is -1.11. The molecule has 5 aromatic rings. The summed E-state index contributed by atoms with van der Waals surface area (Å²) in [4.78, 5) is 50.8. The van der Waals surface area contributed by atoms with Crippen LogP contribution in [-0.2, 0) is 29.7 Å². The predicted molar refractivity (Wildman–Crippen MR) is 202 cm³/mol. The van der Waals surface area contributed by atoms with Crippen LogP contribution < -0.4 is 20.7 Å². The SMILES string of the molecule is COc1nc(-c2cccc(-c3cccc(-c4ncc5c(CNCC6CCC(=O)N6)cn(C)c5n4)c3Cl)c2Cl)ccc1CN(CC1CCC(=O)N1)C(=O)O. The fraction of sp³-hybridized carbons (Fsp3) is 0.316. The summed E-state index contributed by atoms with van der Waals surface area (Å²) < 4.78 is 7.57. The van der Waals surface area contributed by atoms with Gasteiger partial charge in [-0.2, -0.15) is 0 Å². The summed E-state index contributed by atoms with van der Waals surface area (Å²) in [5.41, 5.74) is 5.58. The van der Waals surface area contributed by atoms with Crippen molar-refractivity contribution < 1.29 is 24.2 Å². The van der Waals surface area contributed by atoms with Crippen LogP contribution in [-0.4, -0.2) is 79.7 Å². The van der Waals surface area contributed by atoms with Crippen LogP contribution in [0.4, 0.5) is 4.79 Å². The Morgan fingerprint density at radius 2 is 1.60 bits per heavy atom. The van der Waals surface area contributed by atoms with E-state index >= 15 is 0 Å². The van der Waals surface area contributed by atoms with Crippen LogP contribution in [0.25, 0.3) is 44.8 Å². The molecule has 0 bridgehead atoms. The first-order valence-corrected chi connectivity index (χ1v) is 18.1. The van der Waals surface area contributed by atoms with Crippen LogP contribution >= 0.6 is 23.2 Å². The molecular formula is C38H38Cl2N8O5. The molecule has 53 heavy (non-hydrogen) atoms. The highest BCUT2D eigenvalue weighted by molar-refractivity contribution is 6.39. The first-order chi connectivity index (χ1) is 25.6. The third-order valence-electron chi connectivity index (χ3n) is 9.68. The van der Waals surface area contributed by atoms with Crippen molar-refractivity contribution in [2.75, 3.05) is 20.2 Å². The number of fused-ring (bicyclic) bond motifs is 1. The van der Waals surface area contributed by atoms with Gasteiger partial charge in [0.1, 0.15) is 5.65 Å². The van der Waals surface area contributed by atoms with Gasteiger partial charge in [-0.3, -0.25) is 9.59 Å². The summed E-state index contributed by atoms with van der Waals surface area (Å²) >= 11 is 14.2. The number of nitrogens with one attached hydrogen (secondary N) is 3. The Balaban J connectivity index is 1.13. The molecule has 2 aliphatic heterocycles. The average molecular weight is 758 g/mol. The molecule has 0 radical (unpaired) electrons. The van der Waals surface area contributed by atoms with Gasteiger partial charge in [0.25, 0.3) is 0 Å². The molecule has 5 heterocycles. The molecule has 0 aliphatic carbocycles. The van der Waals surface area contributed by atoms with Crippen molar-refractivity contribution in [2.24, 2.45) is 7.05 Å². The summed E-state index contributed by atoms with van der Waals surface area (Å²) in [6.45, 7) is 1.50. The second-order valence-corrected chi connectivity index (χ2v) is 14.1. The molecule has 13 nitrogen and oxygen atoms in total. The molecule has 0 saturated carbocycles. The van der Waals surface area contributed by atoms with E-state index in [0.29, 0.717) is 81.7 Å². The van der Waals surface area contributed by atoms with Crippen LogP contribution in [0.5, 0.6) is 5.88 Å². The highest BCUT2D eigenvalue weighted by atomic mass is 35.5. The van der Waals surface area contributed by atoms with Gasteiger partial charge < -0.3 is 35.3 Å². The smallest absolute Gasteiger partial charge is 0.407 e. The Kier molecular flexibility index (Phi) is 10.5. The zero-order valence-electron chi connectivity index (χ0n) is 29.2. The van der Waals surface area contributed by atoms with Gasteiger partial charge >= 0.3 is 6.09 Å². The summed E-state index contributed by atoms with van der Waals surface area (Å²) in [5.74, 6) is 0.755. The molecule has 4 N–H and O–H groups in total. The number of ether oxygens (including phenoxy) is 1. The van der Waals surface area contributed by atoms with Gasteiger partial charge in [0.2, 0.25) is 17.7 Å². The Morgan fingerprint density at radius 1 is 0.943 bits per heavy atom. The molecule has 3 aromatic heterocycles. The number of amides is 3. The summed E-state index contributed by atoms with van der Waals surface area (Å²) in [6, 6.07) is 14.7. The number of halogens is 2. The summed E-state index contributed by atoms with van der Waals surface area (Å²) in [6.07, 6.45) is 5.11. The van der Waals surface area contributed by atoms with Gasteiger partial charge in [-0.05, 0) is 36.6 Å². The van der Waals surface area contributed by atoms with Crippen molar-refractivity contribution in [3.05, 3.63) is 82.1 Å². The van der Waals surface area contributed by atoms with Crippen molar-refractivity contribution in [3.63, 3.8) is 0 Å². The van der Waals surface area contributed by atoms with Gasteiger partial charge in [0.15, 0.2) is 5.82 Å². The van der Waals surface area contributed by atoms with E-state index in [1.54, 1.807) is 12.1 Å². The van der Waals surface area contributed by atoms with E-state index < -0.39 is 6.09 Å². The summed E-state index contributed by atoms with van der Waals surface area (Å²) in [7, 11) is 3.42. The average Bonchev–Trinajstić information content (AvgIpc) is 3.85. The number of carbonyl (C=O) groups excluding carboxylic acids is 2. The molecule has 2 saturated heterocycles. The number of benzene rings is 2. The molecule has 3 amide bonds. The molecule has 0 spiro atoms. The van der Waals surface area contributed by atoms with Crippen molar-refractivity contribution in [2.45, 2.75) is 50.9 Å². The van der Waals surface area contributed by atoms with E-state index in [0.717, 1.165) is 23.0 Å². The largest absolute Gasteiger partial charge is 0.481 e. The highest BCUT2D eigenvalue weighted by Crippen LogP contribution is 2.42. The number of hydrogen-bond donors (Lipinski definition) is 4. The molecule has 2 atom stereocenters. The first kappa shape index (κ1) is 36.1. The molecule has 15 heteroatoms. The molecular weight excluding hydrogens is 719 g/mol. The van der Waals surface area contributed by atoms with E-state index in [2.05, 4.69) is 16.0 Å². The molecule has 2 unspecified atom stereocenters. The van der Waals surface area contributed by atoms with E-state index in [-0.39, 0.29) is 42.9 Å². The Labute approximate surface area is 315 Å². The van der Waals surface area contributed by atoms with Gasteiger partial charge in [0, 0.05) is 97.2 Å². The number of carbonyl (C=O) groups is 3. The van der Waals surface area contributed by atoms with E-state index in [9.17, 15) is 19.5 Å². The lowest BCUT2D eigenvalue weighted by molar-refractivity contribution is -0.120. The van der Waals surface area contributed by atoms with Gasteiger partial charge in [0.05, 0.1) is 29.4 Å². The number of nitrogens with zero attached hydrogens (tertiary/aromatic N) is 5. The number of carboxylic acid groups (broad SMARTS) is 1. The lowest BCUT2D eigenvalue weighted by Crippen LogP contribution is -2.41. The Morgan fingerprint density at radius 3 is 2.26 bits per heavy atom. The fourth-order valence-electron chi connectivity index (χ4n) is 6.98. The molecule has 2 aromatic carbocycles. The minimum absolute atomic E-state index is 0.0322. The van der Waals surface area contributed by atoms with Crippen LogP contribution in [0, 0.1) is 0 Å². The monoisotopic (exact) mass is 756 g/mol. The predicted octanol–water partition coefficient (Wildman–Crippen LogP) is 5.81. The lowest BCUT2D eigenvalue weighted by Gasteiger charge is -2.23. The number of methoxy groups -OCH3 is 1. The van der Waals surface area contributed by atoms with Gasteiger partial charge in [-0.25, -0.2) is 19.7 Å². The molecule has 2 aliphatic rings. The second-order valence-electron chi connectivity index (χ2n) is 13.3. The fourth-order valence-corrected chi connectivity index (χ4v) is 7.61. The van der Waals surface area contributed by atoms with Gasteiger partial charge in [-0.1, -0.05) is 53.5 Å². The topological polar surface area (TPSA) is 164 Å². The standard InChI is InChI=1S/C38H38Cl2N8O5/c1-47-18-22(15-41-16-23-10-13-31(49)43-23)29-17-42-35(46-36(29)47)28-8-4-6-26(34(28)40)25-5-3-7-27(33(25)39)30-12-9-21(37(45-30)53-2)19-48(38(51)52)20-24-11-14-32(50)44-24/h3-9,12,17-18,23-24,41H,10-11,13-16,19-20H2,1-2H3,(H,43,49)(H,44,50)(H,51,52). The molecule has 274 valence electrons. The van der Waals surface area contributed by atoms with Crippen LogP contribution in [0.3, 0.4) is 0 Å². The number of hydrogen-bond acceptors (Lipinski definition) is 8. The van der Waals surface area contributed by atoms with Gasteiger partial charge in [-0.15, -0.1) is 0 Å². The normalized spacial score (nSPS) is 16.9. The van der Waals surface area contributed by atoms with Crippen molar-refractivity contribution in [1.29, 1.82) is 0 Å². The van der Waals surface area contributed by atoms with E-state index in [4.69, 9.17) is 42.9 Å². The van der Waals surface area contributed by atoms with E-state index in [1.807, 2.05) is 60.4 Å². The molecule has 7 rings (SSSR count). The van der Waals surface area contributed by atoms with Crippen LogP contribution in [0.1, 0.15) is 36.8 Å². The van der Waals surface area contributed by atoms with Crippen LogP contribution in [0.2, 0.25) is 10.0 Å². The quantitative estimate of drug-likeness (QED) is 0.123. The molecule has 2 fully saturated rings. The third-order valence-corrected chi connectivity index (χ3v) is 10.5. The maximum Gasteiger partial charge on any atom is 0.407 e. The zero-order valence-corrected chi connectivity index (χ0v) is 30.7. The Bertz CT molecular complexity index is 2230. The van der Waals surface area contributed by atoms with Crippen molar-refractivity contribution in [1.82, 2.24) is 40.4 Å². The number of aryl methyl sites for hydroxylation is 1. The lowest BCUT2D eigenvalue weighted by atomic mass is 9.99. The van der Waals surface area contributed by atoms with Crippen LogP contribution in [0.15, 0.2) is 60.9 Å². The first-order valence-electron chi connectivity index (χ1n) is 17.3. The maximum atomic E-state index is 12.1. The van der Waals surface area contributed by atoms with Crippen molar-refractivity contribution >= 4 is 52.1 Å². The summed E-state index contributed by atoms with van der Waals surface area (Å²) in [5, 5.41) is 20.9. The number of rotatable bonds is 12. The van der Waals surface area contributed by atoms with E-state index in [1.165, 1.54) is 12.0 Å². The zero-order chi connectivity index (χ0) is 37.2. The number of aromatic nitrogens is 4. The highest BCUT2D eigenvalue weighted by Gasteiger charge is 2.27. The number of pyridine rings is 1.